The number of nitrogens with one attached hydrogen (secondary N) is 1. The van der Waals surface area contributed by atoms with Gasteiger partial charge in [0.2, 0.25) is 0 Å². The van der Waals surface area contributed by atoms with Gasteiger partial charge in [-0.05, 0) is 37.1 Å². The summed E-state index contributed by atoms with van der Waals surface area (Å²) in [5.74, 6) is -0.376. The number of hydrogen-bond donors (Lipinski definition) is 1. The van der Waals surface area contributed by atoms with Gasteiger partial charge >= 0.3 is 13.7 Å². The number of rotatable bonds is 10. The standard InChI is InChI=1S/C20H26NO6P/c1-4-26-28(23,27-5-2)19(17-11-13-18(24-3)14-12-17)21-20(22)25-15-16-9-7-6-8-10-16/h6-14,19H,4-5,15H2,1-3H3,(H,21,22). The van der Waals surface area contributed by atoms with Crippen molar-refractivity contribution in [2.24, 2.45) is 0 Å². The highest BCUT2D eigenvalue weighted by atomic mass is 31.2. The smallest absolute Gasteiger partial charge is 0.408 e. The fraction of sp³-hybridized carbons (Fsp3) is 0.350. The molecule has 0 aromatic heterocycles. The van der Waals surface area contributed by atoms with Gasteiger partial charge in [-0.1, -0.05) is 42.5 Å². The maximum atomic E-state index is 13.3. The number of carbonyl (C=O) groups excluding carboxylic acids is 1. The van der Waals surface area contributed by atoms with Gasteiger partial charge in [0.25, 0.3) is 0 Å². The van der Waals surface area contributed by atoms with Crippen LogP contribution in [-0.2, 0) is 25.0 Å². The molecule has 2 rings (SSSR count). The predicted molar refractivity (Wildman–Crippen MR) is 106 cm³/mol. The van der Waals surface area contributed by atoms with Crippen molar-refractivity contribution >= 4 is 13.7 Å². The van der Waals surface area contributed by atoms with Crippen molar-refractivity contribution in [1.82, 2.24) is 5.32 Å². The average molecular weight is 407 g/mol. The molecule has 0 aliphatic rings. The number of hydrogen-bond acceptors (Lipinski definition) is 6. The molecule has 0 aliphatic heterocycles. The Balaban J connectivity index is 2.21. The minimum absolute atomic E-state index is 0.0928. The molecule has 152 valence electrons. The second-order valence-corrected chi connectivity index (χ2v) is 7.87. The Morgan fingerprint density at radius 3 is 2.14 bits per heavy atom. The lowest BCUT2D eigenvalue weighted by Crippen LogP contribution is -2.30. The van der Waals surface area contributed by atoms with Crippen molar-refractivity contribution in [3.8, 4) is 5.75 Å². The number of amides is 1. The Morgan fingerprint density at radius 1 is 1.00 bits per heavy atom. The van der Waals surface area contributed by atoms with Gasteiger partial charge in [-0.25, -0.2) is 4.79 Å². The fourth-order valence-corrected chi connectivity index (χ4v) is 4.45. The molecule has 1 unspecified atom stereocenters. The molecule has 1 amide bonds. The molecule has 0 saturated heterocycles. The predicted octanol–water partition coefficient (Wildman–Crippen LogP) is 4.89. The van der Waals surface area contributed by atoms with Gasteiger partial charge in [0.15, 0.2) is 5.78 Å². The largest absolute Gasteiger partial charge is 0.497 e. The van der Waals surface area contributed by atoms with Crippen LogP contribution in [0.15, 0.2) is 54.6 Å². The summed E-state index contributed by atoms with van der Waals surface area (Å²) in [5, 5.41) is 2.64. The molecular formula is C20H26NO6P. The average Bonchev–Trinajstić information content (AvgIpc) is 2.71. The van der Waals surface area contributed by atoms with Crippen molar-refractivity contribution < 1.29 is 27.9 Å². The van der Waals surface area contributed by atoms with E-state index in [9.17, 15) is 9.36 Å². The second-order valence-electron chi connectivity index (χ2n) is 5.76. The van der Waals surface area contributed by atoms with E-state index in [0.717, 1.165) is 5.56 Å². The van der Waals surface area contributed by atoms with Crippen LogP contribution >= 0.6 is 7.60 Å². The molecule has 1 atom stereocenters. The van der Waals surface area contributed by atoms with Crippen LogP contribution < -0.4 is 10.1 Å². The first kappa shape index (κ1) is 22.0. The van der Waals surface area contributed by atoms with E-state index in [0.29, 0.717) is 11.3 Å². The van der Waals surface area contributed by atoms with E-state index in [2.05, 4.69) is 5.32 Å². The second kappa shape index (κ2) is 10.9. The van der Waals surface area contributed by atoms with Crippen LogP contribution in [-0.4, -0.2) is 26.4 Å². The monoisotopic (exact) mass is 407 g/mol. The SMILES string of the molecule is CCOP(=O)(OCC)C(NC(=O)OCc1ccccc1)c1ccc(OC)cc1. The summed E-state index contributed by atoms with van der Waals surface area (Å²) < 4.78 is 34.6. The molecule has 0 fully saturated rings. The fourth-order valence-electron chi connectivity index (χ4n) is 2.55. The van der Waals surface area contributed by atoms with Crippen LogP contribution in [0, 0.1) is 0 Å². The Labute approximate surface area is 165 Å². The molecule has 0 aliphatic carbocycles. The molecule has 0 spiro atoms. The first-order valence-electron chi connectivity index (χ1n) is 9.02. The topological polar surface area (TPSA) is 83.1 Å². The van der Waals surface area contributed by atoms with Crippen molar-refractivity contribution in [2.45, 2.75) is 26.2 Å². The minimum Gasteiger partial charge on any atom is -0.497 e. The third kappa shape index (κ3) is 6.09. The van der Waals surface area contributed by atoms with E-state index >= 15 is 0 Å². The number of carbonyl (C=O) groups is 1. The first-order chi connectivity index (χ1) is 13.5. The summed E-state index contributed by atoms with van der Waals surface area (Å²) in [4.78, 5) is 12.4. The lowest BCUT2D eigenvalue weighted by Gasteiger charge is -2.27. The highest BCUT2D eigenvalue weighted by Gasteiger charge is 2.38. The number of benzene rings is 2. The zero-order valence-corrected chi connectivity index (χ0v) is 17.2. The van der Waals surface area contributed by atoms with Crippen LogP contribution in [0.5, 0.6) is 5.75 Å². The molecule has 28 heavy (non-hydrogen) atoms. The van der Waals surface area contributed by atoms with E-state index in [1.807, 2.05) is 30.3 Å². The maximum Gasteiger partial charge on any atom is 0.408 e. The summed E-state index contributed by atoms with van der Waals surface area (Å²) in [6, 6.07) is 16.1. The zero-order chi connectivity index (χ0) is 20.4. The van der Waals surface area contributed by atoms with Crippen molar-refractivity contribution in [1.29, 1.82) is 0 Å². The zero-order valence-electron chi connectivity index (χ0n) is 16.3. The van der Waals surface area contributed by atoms with Crippen molar-refractivity contribution in [3.63, 3.8) is 0 Å². The van der Waals surface area contributed by atoms with Crippen LogP contribution in [0.25, 0.3) is 0 Å². The van der Waals surface area contributed by atoms with Gasteiger partial charge in [-0.2, -0.15) is 0 Å². The molecule has 2 aromatic carbocycles. The van der Waals surface area contributed by atoms with Crippen LogP contribution in [0.1, 0.15) is 30.8 Å². The Morgan fingerprint density at radius 2 is 1.61 bits per heavy atom. The van der Waals surface area contributed by atoms with Gasteiger partial charge in [0.1, 0.15) is 12.4 Å². The summed E-state index contributed by atoms with van der Waals surface area (Å²) in [7, 11) is -2.12. The third-order valence-corrected chi connectivity index (χ3v) is 6.13. The van der Waals surface area contributed by atoms with Gasteiger partial charge in [0, 0.05) is 0 Å². The van der Waals surface area contributed by atoms with E-state index in [1.165, 1.54) is 0 Å². The molecule has 2 aromatic rings. The number of ether oxygens (including phenoxy) is 2. The van der Waals surface area contributed by atoms with E-state index < -0.39 is 19.5 Å². The molecular weight excluding hydrogens is 381 g/mol. The number of methoxy groups -OCH3 is 1. The molecule has 1 N–H and O–H groups in total. The highest BCUT2D eigenvalue weighted by Crippen LogP contribution is 2.59. The van der Waals surface area contributed by atoms with Gasteiger partial charge in [0.05, 0.1) is 20.3 Å². The Hall–Kier alpha value is -2.34. The number of alkyl carbamates (subject to hydrolysis) is 1. The summed E-state index contributed by atoms with van der Waals surface area (Å²) >= 11 is 0. The third-order valence-electron chi connectivity index (χ3n) is 3.83. The molecule has 0 heterocycles. The summed E-state index contributed by atoms with van der Waals surface area (Å²) in [6.07, 6.45) is -0.718. The lowest BCUT2D eigenvalue weighted by molar-refractivity contribution is 0.134. The molecule has 0 saturated carbocycles. The minimum atomic E-state index is -3.68. The van der Waals surface area contributed by atoms with Crippen LogP contribution in [0.4, 0.5) is 4.79 Å². The van der Waals surface area contributed by atoms with Crippen molar-refractivity contribution in [2.75, 3.05) is 20.3 Å². The van der Waals surface area contributed by atoms with E-state index in [1.54, 1.807) is 45.2 Å². The van der Waals surface area contributed by atoms with Crippen molar-refractivity contribution in [3.05, 3.63) is 65.7 Å². The van der Waals surface area contributed by atoms with Gasteiger partial charge < -0.3 is 23.8 Å². The molecule has 7 nitrogen and oxygen atoms in total. The first-order valence-corrected chi connectivity index (χ1v) is 10.6. The quantitative estimate of drug-likeness (QED) is 0.565. The molecule has 0 radical (unpaired) electrons. The van der Waals surface area contributed by atoms with Crippen LogP contribution in [0.2, 0.25) is 0 Å². The molecule has 0 bridgehead atoms. The van der Waals surface area contributed by atoms with Gasteiger partial charge in [-0.3, -0.25) is 4.57 Å². The van der Waals surface area contributed by atoms with E-state index in [-0.39, 0.29) is 19.8 Å². The van der Waals surface area contributed by atoms with Crippen LogP contribution in [0.3, 0.4) is 0 Å². The lowest BCUT2D eigenvalue weighted by atomic mass is 10.2. The van der Waals surface area contributed by atoms with Gasteiger partial charge in [-0.15, -0.1) is 0 Å². The Bertz CT molecular complexity index is 771. The van der Waals surface area contributed by atoms with E-state index in [4.69, 9.17) is 18.5 Å². The highest BCUT2D eigenvalue weighted by molar-refractivity contribution is 7.54. The summed E-state index contributed by atoms with van der Waals surface area (Å²) in [6.45, 7) is 3.86. The maximum absolute atomic E-state index is 13.3. The Kier molecular flexibility index (Phi) is 8.51. The molecule has 8 heteroatoms. The summed E-state index contributed by atoms with van der Waals surface area (Å²) in [5.41, 5.74) is 1.40. The normalized spacial score (nSPS) is 12.2.